The highest BCUT2D eigenvalue weighted by Gasteiger charge is 2.14. The first-order valence-corrected chi connectivity index (χ1v) is 9.35. The van der Waals surface area contributed by atoms with Gasteiger partial charge in [0, 0.05) is 17.1 Å². The molecule has 0 saturated carbocycles. The fourth-order valence-electron chi connectivity index (χ4n) is 4.10. The summed E-state index contributed by atoms with van der Waals surface area (Å²) in [6, 6.07) is 17.9. The number of aromatic nitrogens is 1. The van der Waals surface area contributed by atoms with E-state index in [4.69, 9.17) is 4.98 Å². The molecular weight excluding hydrogens is 314 g/mol. The van der Waals surface area contributed by atoms with Crippen molar-refractivity contribution in [2.45, 2.75) is 40.5 Å². The third-order valence-corrected chi connectivity index (χ3v) is 5.26. The quantitative estimate of drug-likeness (QED) is 0.355. The van der Waals surface area contributed by atoms with Crippen molar-refractivity contribution in [1.29, 1.82) is 0 Å². The van der Waals surface area contributed by atoms with Crippen LogP contribution in [0.4, 0.5) is 0 Å². The van der Waals surface area contributed by atoms with Crippen molar-refractivity contribution in [2.75, 3.05) is 0 Å². The number of pyridine rings is 1. The molecule has 0 amide bonds. The zero-order valence-electron chi connectivity index (χ0n) is 16.2. The molecule has 0 aliphatic carbocycles. The van der Waals surface area contributed by atoms with E-state index in [1.54, 1.807) is 0 Å². The molecule has 0 fully saturated rings. The van der Waals surface area contributed by atoms with Crippen LogP contribution in [0.15, 0.2) is 54.7 Å². The number of aryl methyl sites for hydroxylation is 3. The summed E-state index contributed by atoms with van der Waals surface area (Å²) in [5, 5.41) is 5.21. The lowest BCUT2D eigenvalue weighted by Gasteiger charge is -2.15. The molecule has 130 valence electrons. The highest BCUT2D eigenvalue weighted by Crippen LogP contribution is 2.37. The van der Waals surface area contributed by atoms with E-state index >= 15 is 0 Å². The minimum absolute atomic E-state index is 0.499. The average molecular weight is 339 g/mol. The highest BCUT2D eigenvalue weighted by molar-refractivity contribution is 6.14. The molecule has 4 aromatic rings. The molecule has 0 N–H and O–H groups in total. The predicted molar refractivity (Wildman–Crippen MR) is 113 cm³/mol. The Morgan fingerprint density at radius 2 is 1.46 bits per heavy atom. The van der Waals surface area contributed by atoms with Gasteiger partial charge in [0.05, 0.1) is 5.69 Å². The molecule has 0 saturated heterocycles. The Hall–Kier alpha value is -2.67. The van der Waals surface area contributed by atoms with Crippen LogP contribution in [0.5, 0.6) is 0 Å². The smallest absolute Gasteiger partial charge is 0.0786 e. The molecule has 26 heavy (non-hydrogen) atoms. The minimum atomic E-state index is 0.499. The Morgan fingerprint density at radius 1 is 0.769 bits per heavy atom. The average Bonchev–Trinajstić information content (AvgIpc) is 2.60. The standard InChI is InChI=1S/C25H25N/c1-15(2)20-7-6-8-23-22(20)10-9-21-18(5)14-26-25(24(21)23)19-12-16(3)11-17(4)13-19/h6-15H,1-5H3. The lowest BCUT2D eigenvalue weighted by molar-refractivity contribution is 0.876. The van der Waals surface area contributed by atoms with Crippen LogP contribution in [0.2, 0.25) is 0 Å². The fourth-order valence-corrected chi connectivity index (χ4v) is 4.10. The van der Waals surface area contributed by atoms with Crippen molar-refractivity contribution in [1.82, 2.24) is 4.98 Å². The van der Waals surface area contributed by atoms with Crippen LogP contribution >= 0.6 is 0 Å². The molecule has 0 bridgehead atoms. The lowest BCUT2D eigenvalue weighted by atomic mass is 9.90. The first-order chi connectivity index (χ1) is 12.5. The van der Waals surface area contributed by atoms with Gasteiger partial charge in [-0.05, 0) is 66.1 Å². The van der Waals surface area contributed by atoms with Crippen molar-refractivity contribution in [2.24, 2.45) is 0 Å². The van der Waals surface area contributed by atoms with E-state index in [0.717, 1.165) is 5.69 Å². The molecule has 0 unspecified atom stereocenters. The topological polar surface area (TPSA) is 12.9 Å². The van der Waals surface area contributed by atoms with Gasteiger partial charge in [-0.2, -0.15) is 0 Å². The Labute approximate surface area is 155 Å². The largest absolute Gasteiger partial charge is 0.255 e. The van der Waals surface area contributed by atoms with E-state index in [-0.39, 0.29) is 0 Å². The molecular formula is C25H25N. The normalized spacial score (nSPS) is 11.6. The second-order valence-corrected chi connectivity index (χ2v) is 7.75. The van der Waals surface area contributed by atoms with E-state index in [9.17, 15) is 0 Å². The molecule has 0 radical (unpaired) electrons. The van der Waals surface area contributed by atoms with Gasteiger partial charge in [0.1, 0.15) is 0 Å². The summed E-state index contributed by atoms with van der Waals surface area (Å²) < 4.78 is 0. The van der Waals surface area contributed by atoms with Gasteiger partial charge < -0.3 is 0 Å². The summed E-state index contributed by atoms with van der Waals surface area (Å²) in [5.41, 5.74) is 7.47. The van der Waals surface area contributed by atoms with Gasteiger partial charge in [0.25, 0.3) is 0 Å². The molecule has 0 atom stereocenters. The van der Waals surface area contributed by atoms with Gasteiger partial charge in [0.15, 0.2) is 0 Å². The summed E-state index contributed by atoms with van der Waals surface area (Å²) in [6.07, 6.45) is 2.01. The second-order valence-electron chi connectivity index (χ2n) is 7.75. The molecule has 0 spiro atoms. The maximum Gasteiger partial charge on any atom is 0.0786 e. The highest BCUT2D eigenvalue weighted by atomic mass is 14.7. The first-order valence-electron chi connectivity index (χ1n) is 9.35. The van der Waals surface area contributed by atoms with E-state index in [1.165, 1.54) is 49.4 Å². The molecule has 4 rings (SSSR count). The maximum absolute atomic E-state index is 4.88. The number of nitrogens with zero attached hydrogens (tertiary/aromatic N) is 1. The van der Waals surface area contributed by atoms with E-state index in [1.807, 2.05) is 6.20 Å². The zero-order valence-corrected chi connectivity index (χ0v) is 16.2. The van der Waals surface area contributed by atoms with Gasteiger partial charge in [-0.25, -0.2) is 0 Å². The number of hydrogen-bond acceptors (Lipinski definition) is 1. The summed E-state index contributed by atoms with van der Waals surface area (Å²) in [4.78, 5) is 4.88. The van der Waals surface area contributed by atoms with Gasteiger partial charge in [0.2, 0.25) is 0 Å². The van der Waals surface area contributed by atoms with Crippen LogP contribution in [0.3, 0.4) is 0 Å². The van der Waals surface area contributed by atoms with Crippen molar-refractivity contribution in [3.8, 4) is 11.3 Å². The van der Waals surface area contributed by atoms with Gasteiger partial charge >= 0.3 is 0 Å². The second kappa shape index (κ2) is 6.25. The zero-order chi connectivity index (χ0) is 18.4. The van der Waals surface area contributed by atoms with Crippen molar-refractivity contribution < 1.29 is 0 Å². The molecule has 1 heteroatoms. The SMILES string of the molecule is Cc1cc(C)cc(-c2ncc(C)c3ccc4c(C(C)C)cccc4c23)c1. The van der Waals surface area contributed by atoms with Gasteiger partial charge in [-0.3, -0.25) is 4.98 Å². The number of fused-ring (bicyclic) bond motifs is 3. The molecule has 1 aromatic heterocycles. The summed E-state index contributed by atoms with van der Waals surface area (Å²) in [7, 11) is 0. The summed E-state index contributed by atoms with van der Waals surface area (Å²) in [5.74, 6) is 0.499. The predicted octanol–water partition coefficient (Wildman–Crippen LogP) is 7.10. The third-order valence-electron chi connectivity index (χ3n) is 5.26. The third kappa shape index (κ3) is 2.68. The van der Waals surface area contributed by atoms with E-state index in [0.29, 0.717) is 5.92 Å². The van der Waals surface area contributed by atoms with Crippen molar-refractivity contribution >= 4 is 21.5 Å². The molecule has 0 aliphatic rings. The Kier molecular flexibility index (Phi) is 4.03. The van der Waals surface area contributed by atoms with Crippen LogP contribution in [-0.2, 0) is 0 Å². The number of rotatable bonds is 2. The molecule has 1 heterocycles. The summed E-state index contributed by atoms with van der Waals surface area (Å²) in [6.45, 7) is 11.0. The lowest BCUT2D eigenvalue weighted by Crippen LogP contribution is -1.94. The van der Waals surface area contributed by atoms with Crippen LogP contribution < -0.4 is 0 Å². The maximum atomic E-state index is 4.88. The first kappa shape index (κ1) is 16.8. The Morgan fingerprint density at radius 3 is 2.15 bits per heavy atom. The molecule has 3 aromatic carbocycles. The van der Waals surface area contributed by atoms with Gasteiger partial charge in [-0.1, -0.05) is 61.4 Å². The fraction of sp³-hybridized carbons (Fsp3) is 0.240. The van der Waals surface area contributed by atoms with E-state index < -0.39 is 0 Å². The monoisotopic (exact) mass is 339 g/mol. The number of benzene rings is 3. The minimum Gasteiger partial charge on any atom is -0.255 e. The Balaban J connectivity index is 2.17. The van der Waals surface area contributed by atoms with Crippen molar-refractivity contribution in [3.63, 3.8) is 0 Å². The van der Waals surface area contributed by atoms with Crippen LogP contribution in [0, 0.1) is 20.8 Å². The van der Waals surface area contributed by atoms with Crippen LogP contribution in [0.1, 0.15) is 42.0 Å². The van der Waals surface area contributed by atoms with Gasteiger partial charge in [-0.15, -0.1) is 0 Å². The molecule has 0 aliphatic heterocycles. The van der Waals surface area contributed by atoms with E-state index in [2.05, 4.69) is 83.1 Å². The summed E-state index contributed by atoms with van der Waals surface area (Å²) >= 11 is 0. The molecule has 1 nitrogen and oxygen atoms in total. The van der Waals surface area contributed by atoms with Crippen LogP contribution in [0.25, 0.3) is 32.8 Å². The number of hydrogen-bond donors (Lipinski definition) is 0. The van der Waals surface area contributed by atoms with Crippen molar-refractivity contribution in [3.05, 3.63) is 77.0 Å². The van der Waals surface area contributed by atoms with Crippen LogP contribution in [-0.4, -0.2) is 4.98 Å². The Bertz CT molecular complexity index is 1120.